The van der Waals surface area contributed by atoms with Crippen LogP contribution < -0.4 is 0 Å². The number of thioether (sulfide) groups is 1. The minimum absolute atomic E-state index is 0.640. The molecule has 30 heavy (non-hydrogen) atoms. The van der Waals surface area contributed by atoms with Crippen molar-refractivity contribution in [1.82, 2.24) is 29.1 Å². The second kappa shape index (κ2) is 8.10. The summed E-state index contributed by atoms with van der Waals surface area (Å²) in [7, 11) is 0. The first kappa shape index (κ1) is 19.1. The standard InChI is InChI=1S/C21H14Cl2N6S/c22-15-1-4-18(5-2-15)29-20(14-7-9-24-10-8-14)26-27-21(29)30-13-17-12-28-11-16(23)3-6-19(28)25-17/h1-12H,13H2. The molecule has 0 unspecified atom stereocenters. The number of hydrogen-bond acceptors (Lipinski definition) is 5. The zero-order valence-electron chi connectivity index (χ0n) is 15.5. The van der Waals surface area contributed by atoms with Crippen molar-refractivity contribution in [3.63, 3.8) is 0 Å². The molecule has 0 bridgehead atoms. The Labute approximate surface area is 186 Å². The first-order chi connectivity index (χ1) is 14.7. The van der Waals surface area contributed by atoms with E-state index in [9.17, 15) is 0 Å². The Morgan fingerprint density at radius 2 is 1.60 bits per heavy atom. The summed E-state index contributed by atoms with van der Waals surface area (Å²) in [4.78, 5) is 8.74. The molecule has 0 saturated heterocycles. The monoisotopic (exact) mass is 452 g/mol. The van der Waals surface area contributed by atoms with E-state index in [1.54, 1.807) is 24.2 Å². The summed E-state index contributed by atoms with van der Waals surface area (Å²) in [5, 5.41) is 11.0. The number of pyridine rings is 2. The van der Waals surface area contributed by atoms with Gasteiger partial charge < -0.3 is 4.40 Å². The quantitative estimate of drug-likeness (QED) is 0.326. The normalized spacial score (nSPS) is 11.3. The van der Waals surface area contributed by atoms with Crippen molar-refractivity contribution in [3.8, 4) is 17.1 Å². The molecular formula is C21H14Cl2N6S. The lowest BCUT2D eigenvalue weighted by molar-refractivity contribution is 0.885. The van der Waals surface area contributed by atoms with E-state index in [0.29, 0.717) is 15.8 Å². The SMILES string of the molecule is Clc1ccc(-n2c(SCc3cn4cc(Cl)ccc4n3)nnc2-c2ccncc2)cc1. The molecule has 0 aliphatic rings. The summed E-state index contributed by atoms with van der Waals surface area (Å²) < 4.78 is 3.94. The first-order valence-corrected chi connectivity index (χ1v) is 10.8. The Hall–Kier alpha value is -2.87. The molecule has 5 rings (SSSR count). The second-order valence-electron chi connectivity index (χ2n) is 6.49. The number of aromatic nitrogens is 6. The van der Waals surface area contributed by atoms with Crippen LogP contribution in [0.3, 0.4) is 0 Å². The molecule has 6 nitrogen and oxygen atoms in total. The Morgan fingerprint density at radius 1 is 0.833 bits per heavy atom. The average molecular weight is 453 g/mol. The van der Waals surface area contributed by atoms with Gasteiger partial charge in [0, 0.05) is 46.8 Å². The van der Waals surface area contributed by atoms with Crippen LogP contribution in [-0.4, -0.2) is 29.1 Å². The van der Waals surface area contributed by atoms with Gasteiger partial charge in [0.05, 0.1) is 10.7 Å². The van der Waals surface area contributed by atoms with E-state index in [4.69, 9.17) is 23.2 Å². The van der Waals surface area contributed by atoms with Crippen LogP contribution in [-0.2, 0) is 5.75 Å². The molecule has 4 heterocycles. The van der Waals surface area contributed by atoms with Crippen LogP contribution in [0.25, 0.3) is 22.7 Å². The molecule has 0 N–H and O–H groups in total. The molecule has 0 aliphatic heterocycles. The zero-order valence-corrected chi connectivity index (χ0v) is 17.8. The molecule has 0 radical (unpaired) electrons. The Kier molecular flexibility index (Phi) is 5.16. The van der Waals surface area contributed by atoms with Gasteiger partial charge in [-0.2, -0.15) is 0 Å². The molecule has 148 valence electrons. The average Bonchev–Trinajstić information content (AvgIpc) is 3.37. The Balaban J connectivity index is 1.51. The molecule has 9 heteroatoms. The van der Waals surface area contributed by atoms with E-state index in [2.05, 4.69) is 20.2 Å². The lowest BCUT2D eigenvalue weighted by Gasteiger charge is -2.10. The Morgan fingerprint density at radius 3 is 2.40 bits per heavy atom. The van der Waals surface area contributed by atoms with Gasteiger partial charge in [0.2, 0.25) is 0 Å². The molecule has 0 amide bonds. The Bertz CT molecular complexity index is 1310. The molecule has 0 saturated carbocycles. The number of imidazole rings is 1. The minimum Gasteiger partial charge on any atom is -0.305 e. The van der Waals surface area contributed by atoms with Crippen molar-refractivity contribution in [1.29, 1.82) is 0 Å². The summed E-state index contributed by atoms with van der Waals surface area (Å²) in [6.45, 7) is 0. The molecule has 4 aromatic heterocycles. The number of hydrogen-bond donors (Lipinski definition) is 0. The summed E-state index contributed by atoms with van der Waals surface area (Å²) in [5.41, 5.74) is 3.65. The number of nitrogens with zero attached hydrogens (tertiary/aromatic N) is 6. The third-order valence-electron chi connectivity index (χ3n) is 4.47. The van der Waals surface area contributed by atoms with Crippen LogP contribution in [0.15, 0.2) is 78.5 Å². The highest BCUT2D eigenvalue weighted by Crippen LogP contribution is 2.30. The van der Waals surface area contributed by atoms with E-state index in [0.717, 1.165) is 33.6 Å². The van der Waals surface area contributed by atoms with Crippen molar-refractivity contribution in [2.75, 3.05) is 0 Å². The predicted molar refractivity (Wildman–Crippen MR) is 119 cm³/mol. The van der Waals surface area contributed by atoms with Gasteiger partial charge in [-0.3, -0.25) is 9.55 Å². The molecule has 5 aromatic rings. The van der Waals surface area contributed by atoms with Gasteiger partial charge in [-0.1, -0.05) is 35.0 Å². The number of benzene rings is 1. The van der Waals surface area contributed by atoms with Gasteiger partial charge in [0.15, 0.2) is 11.0 Å². The maximum atomic E-state index is 6.09. The van der Waals surface area contributed by atoms with Gasteiger partial charge >= 0.3 is 0 Å². The summed E-state index contributed by atoms with van der Waals surface area (Å²) in [5.74, 6) is 1.38. The summed E-state index contributed by atoms with van der Waals surface area (Å²) in [6, 6.07) is 15.2. The molecule has 0 spiro atoms. The number of rotatable bonds is 5. The van der Waals surface area contributed by atoms with Crippen LogP contribution in [0.4, 0.5) is 0 Å². The van der Waals surface area contributed by atoms with Crippen LogP contribution in [0, 0.1) is 0 Å². The molecular weight excluding hydrogens is 439 g/mol. The zero-order chi connectivity index (χ0) is 20.5. The fraction of sp³-hybridized carbons (Fsp3) is 0.0476. The first-order valence-electron chi connectivity index (χ1n) is 9.05. The van der Waals surface area contributed by atoms with Crippen LogP contribution in [0.2, 0.25) is 10.0 Å². The highest BCUT2D eigenvalue weighted by atomic mass is 35.5. The third-order valence-corrected chi connectivity index (χ3v) is 5.91. The van der Waals surface area contributed by atoms with Crippen molar-refractivity contribution in [3.05, 3.63) is 89.1 Å². The smallest absolute Gasteiger partial charge is 0.196 e. The van der Waals surface area contributed by atoms with E-state index >= 15 is 0 Å². The fourth-order valence-corrected chi connectivity index (χ4v) is 4.23. The molecule has 0 atom stereocenters. The maximum absolute atomic E-state index is 6.09. The molecule has 0 aliphatic carbocycles. The van der Waals surface area contributed by atoms with Crippen LogP contribution in [0.5, 0.6) is 0 Å². The van der Waals surface area contributed by atoms with Gasteiger partial charge in [0.25, 0.3) is 0 Å². The van der Waals surface area contributed by atoms with E-state index in [1.807, 2.05) is 69.9 Å². The van der Waals surface area contributed by atoms with Crippen LogP contribution >= 0.6 is 35.0 Å². The van der Waals surface area contributed by atoms with Crippen molar-refractivity contribution >= 4 is 40.6 Å². The van der Waals surface area contributed by atoms with Crippen molar-refractivity contribution in [2.45, 2.75) is 10.9 Å². The third kappa shape index (κ3) is 3.79. The minimum atomic E-state index is 0.640. The van der Waals surface area contributed by atoms with Crippen molar-refractivity contribution < 1.29 is 0 Å². The fourth-order valence-electron chi connectivity index (χ4n) is 3.10. The largest absolute Gasteiger partial charge is 0.305 e. The van der Waals surface area contributed by atoms with E-state index < -0.39 is 0 Å². The van der Waals surface area contributed by atoms with E-state index in [-0.39, 0.29) is 0 Å². The second-order valence-corrected chi connectivity index (χ2v) is 8.30. The maximum Gasteiger partial charge on any atom is 0.196 e. The van der Waals surface area contributed by atoms with Gasteiger partial charge in [0.1, 0.15) is 5.65 Å². The molecule has 0 fully saturated rings. The van der Waals surface area contributed by atoms with Crippen molar-refractivity contribution in [2.24, 2.45) is 0 Å². The highest BCUT2D eigenvalue weighted by molar-refractivity contribution is 7.98. The van der Waals surface area contributed by atoms with Gasteiger partial charge in [-0.05, 0) is 48.5 Å². The molecule has 1 aromatic carbocycles. The predicted octanol–water partition coefficient (Wildman–Crippen LogP) is 5.58. The number of halogens is 2. The lowest BCUT2D eigenvalue weighted by Crippen LogP contribution is -1.99. The van der Waals surface area contributed by atoms with Crippen LogP contribution in [0.1, 0.15) is 5.69 Å². The van der Waals surface area contributed by atoms with E-state index in [1.165, 1.54) is 0 Å². The van der Waals surface area contributed by atoms with Gasteiger partial charge in [-0.15, -0.1) is 10.2 Å². The topological polar surface area (TPSA) is 60.9 Å². The summed E-state index contributed by atoms with van der Waals surface area (Å²) in [6.07, 6.45) is 7.30. The van der Waals surface area contributed by atoms with Gasteiger partial charge in [-0.25, -0.2) is 4.98 Å². The lowest BCUT2D eigenvalue weighted by atomic mass is 10.2. The highest BCUT2D eigenvalue weighted by Gasteiger charge is 2.17. The number of fused-ring (bicyclic) bond motifs is 1. The summed E-state index contributed by atoms with van der Waals surface area (Å²) >= 11 is 13.7.